The number of carbonyl (C=O) groups is 2. The molecule has 0 radical (unpaired) electrons. The molecule has 0 N–H and O–H groups in total. The van der Waals surface area contributed by atoms with Crippen molar-refractivity contribution < 1.29 is 14.3 Å². The molecule has 2 aliphatic rings. The number of carbonyl (C=O) groups excluding carboxylic acids is 2. The van der Waals surface area contributed by atoms with Gasteiger partial charge in [0.25, 0.3) is 0 Å². The third kappa shape index (κ3) is 1.76. The summed E-state index contributed by atoms with van der Waals surface area (Å²) in [6.45, 7) is 1.98. The summed E-state index contributed by atoms with van der Waals surface area (Å²) >= 11 is 0. The van der Waals surface area contributed by atoms with E-state index < -0.39 is 0 Å². The summed E-state index contributed by atoms with van der Waals surface area (Å²) in [6, 6.07) is 7.35. The van der Waals surface area contributed by atoms with E-state index in [4.69, 9.17) is 4.74 Å². The number of esters is 1. The molecule has 1 fully saturated rings. The van der Waals surface area contributed by atoms with E-state index in [1.54, 1.807) is 12.1 Å². The molecule has 3 atom stereocenters. The van der Waals surface area contributed by atoms with Crippen LogP contribution in [-0.2, 0) is 9.59 Å². The molecule has 3 rings (SSSR count). The molecule has 18 heavy (non-hydrogen) atoms. The van der Waals surface area contributed by atoms with E-state index in [0.717, 1.165) is 5.56 Å². The highest BCUT2D eigenvalue weighted by Crippen LogP contribution is 2.41. The fourth-order valence-corrected chi connectivity index (χ4v) is 2.68. The number of ketones is 1. The predicted molar refractivity (Wildman–Crippen MR) is 66.0 cm³/mol. The second kappa shape index (κ2) is 4.09. The molecule has 2 bridgehead atoms. The average molecular weight is 242 g/mol. The highest BCUT2D eigenvalue weighted by Gasteiger charge is 2.47. The molecule has 0 amide bonds. The van der Waals surface area contributed by atoms with E-state index >= 15 is 0 Å². The Hall–Kier alpha value is -1.90. The van der Waals surface area contributed by atoms with Gasteiger partial charge in [0.2, 0.25) is 0 Å². The van der Waals surface area contributed by atoms with E-state index in [9.17, 15) is 9.59 Å². The largest absolute Gasteiger partial charge is 0.426 e. The van der Waals surface area contributed by atoms with Gasteiger partial charge in [0, 0.05) is 11.8 Å². The Bertz CT molecular complexity index is 527. The predicted octanol–water partition coefficient (Wildman–Crippen LogP) is 2.29. The van der Waals surface area contributed by atoms with Gasteiger partial charge in [0.1, 0.15) is 11.5 Å². The fraction of sp³-hybridized carbons (Fsp3) is 0.333. The van der Waals surface area contributed by atoms with Crippen molar-refractivity contribution in [1.29, 1.82) is 0 Å². The Labute approximate surface area is 105 Å². The third-order valence-electron chi connectivity index (χ3n) is 3.73. The van der Waals surface area contributed by atoms with Crippen LogP contribution in [0, 0.1) is 24.7 Å². The third-order valence-corrected chi connectivity index (χ3v) is 3.73. The van der Waals surface area contributed by atoms with Gasteiger partial charge >= 0.3 is 5.97 Å². The molecule has 2 aliphatic carbocycles. The molecule has 0 spiro atoms. The van der Waals surface area contributed by atoms with Gasteiger partial charge in [-0.3, -0.25) is 9.59 Å². The summed E-state index contributed by atoms with van der Waals surface area (Å²) in [7, 11) is 0. The minimum Gasteiger partial charge on any atom is -0.426 e. The zero-order valence-electron chi connectivity index (χ0n) is 10.1. The maximum atomic E-state index is 12.0. The van der Waals surface area contributed by atoms with Crippen molar-refractivity contribution in [2.45, 2.75) is 13.3 Å². The van der Waals surface area contributed by atoms with Crippen LogP contribution < -0.4 is 4.74 Å². The van der Waals surface area contributed by atoms with Crippen molar-refractivity contribution in [3.05, 3.63) is 42.0 Å². The number of allylic oxidation sites excluding steroid dienone is 2. The average Bonchev–Trinajstić information content (AvgIpc) is 2.88. The molecule has 0 heterocycles. The minimum atomic E-state index is -0.297. The second-order valence-electron chi connectivity index (χ2n) is 5.00. The number of benzene rings is 1. The molecular weight excluding hydrogens is 228 g/mol. The van der Waals surface area contributed by atoms with E-state index in [1.807, 2.05) is 31.2 Å². The molecular formula is C15H14O3. The summed E-state index contributed by atoms with van der Waals surface area (Å²) in [5.41, 5.74) is 1.12. The zero-order valence-corrected chi connectivity index (χ0v) is 10.1. The lowest BCUT2D eigenvalue weighted by Gasteiger charge is -2.15. The fourth-order valence-electron chi connectivity index (χ4n) is 2.68. The van der Waals surface area contributed by atoms with Gasteiger partial charge < -0.3 is 4.74 Å². The number of rotatable bonds is 2. The number of ether oxygens (including phenoxy) is 1. The zero-order chi connectivity index (χ0) is 12.7. The number of hydrogen-bond acceptors (Lipinski definition) is 3. The number of Topliss-reactive ketones (excluding diaryl/α,β-unsaturated/α-hetero) is 1. The summed E-state index contributed by atoms with van der Waals surface area (Å²) < 4.78 is 5.33. The summed E-state index contributed by atoms with van der Waals surface area (Å²) in [4.78, 5) is 23.7. The quantitative estimate of drug-likeness (QED) is 0.454. The molecule has 3 unspecified atom stereocenters. The van der Waals surface area contributed by atoms with Gasteiger partial charge in [0.15, 0.2) is 0 Å². The van der Waals surface area contributed by atoms with E-state index in [-0.39, 0.29) is 29.5 Å². The minimum absolute atomic E-state index is 0.0643. The van der Waals surface area contributed by atoms with E-state index in [2.05, 4.69) is 0 Å². The molecule has 0 aromatic heterocycles. The van der Waals surface area contributed by atoms with Crippen LogP contribution in [0.15, 0.2) is 36.4 Å². The first-order chi connectivity index (χ1) is 8.65. The first kappa shape index (κ1) is 11.2. The maximum absolute atomic E-state index is 12.0. The van der Waals surface area contributed by atoms with Crippen LogP contribution in [0.5, 0.6) is 5.75 Å². The lowest BCUT2D eigenvalue weighted by molar-refractivity contribution is -0.140. The molecule has 3 nitrogen and oxygen atoms in total. The Balaban J connectivity index is 1.71. The van der Waals surface area contributed by atoms with Crippen molar-refractivity contribution >= 4 is 11.8 Å². The molecule has 3 heteroatoms. The van der Waals surface area contributed by atoms with Gasteiger partial charge in [-0.2, -0.15) is 0 Å². The van der Waals surface area contributed by atoms with Crippen LogP contribution in [0.1, 0.15) is 12.0 Å². The second-order valence-corrected chi connectivity index (χ2v) is 5.00. The van der Waals surface area contributed by atoms with Crippen molar-refractivity contribution in [3.63, 3.8) is 0 Å². The van der Waals surface area contributed by atoms with Crippen LogP contribution in [-0.4, -0.2) is 11.8 Å². The molecule has 0 aliphatic heterocycles. The van der Waals surface area contributed by atoms with Gasteiger partial charge in [-0.15, -0.1) is 0 Å². The van der Waals surface area contributed by atoms with Crippen molar-refractivity contribution in [2.24, 2.45) is 17.8 Å². The Morgan fingerprint density at radius 3 is 2.50 bits per heavy atom. The molecule has 1 aromatic rings. The van der Waals surface area contributed by atoms with Crippen LogP contribution in [0.2, 0.25) is 0 Å². The first-order valence-corrected chi connectivity index (χ1v) is 6.15. The van der Waals surface area contributed by atoms with E-state index in [1.165, 1.54) is 0 Å². The Morgan fingerprint density at radius 2 is 1.94 bits per heavy atom. The van der Waals surface area contributed by atoms with Gasteiger partial charge in [-0.05, 0) is 25.5 Å². The summed E-state index contributed by atoms with van der Waals surface area (Å²) in [6.07, 6.45) is 4.35. The Kier molecular flexibility index (Phi) is 2.54. The van der Waals surface area contributed by atoms with Crippen molar-refractivity contribution in [2.75, 3.05) is 0 Å². The summed E-state index contributed by atoms with van der Waals surface area (Å²) in [5.74, 6) is -0.193. The maximum Gasteiger partial charge on any atom is 0.315 e. The normalized spacial score (nSPS) is 28.7. The highest BCUT2D eigenvalue weighted by molar-refractivity contribution is 5.97. The highest BCUT2D eigenvalue weighted by atomic mass is 16.5. The van der Waals surface area contributed by atoms with Crippen LogP contribution in [0.3, 0.4) is 0 Å². The van der Waals surface area contributed by atoms with Crippen LogP contribution >= 0.6 is 0 Å². The molecule has 1 saturated carbocycles. The van der Waals surface area contributed by atoms with Gasteiger partial charge in [-0.1, -0.05) is 29.8 Å². The molecule has 1 aromatic carbocycles. The number of aryl methyl sites for hydroxylation is 1. The Morgan fingerprint density at radius 1 is 1.22 bits per heavy atom. The number of hydrogen-bond donors (Lipinski definition) is 0. The smallest absolute Gasteiger partial charge is 0.315 e. The topological polar surface area (TPSA) is 43.4 Å². The van der Waals surface area contributed by atoms with Crippen LogP contribution in [0.25, 0.3) is 0 Å². The summed E-state index contributed by atoms with van der Waals surface area (Å²) in [5, 5.41) is 0. The molecule has 92 valence electrons. The monoisotopic (exact) mass is 242 g/mol. The lowest BCUT2D eigenvalue weighted by Crippen LogP contribution is -2.25. The SMILES string of the molecule is Cc1ccc(OC(=O)C2CC3C=CC2C3=O)cc1. The van der Waals surface area contributed by atoms with Crippen molar-refractivity contribution in [1.82, 2.24) is 0 Å². The standard InChI is InChI=1S/C15H14O3/c1-9-2-5-11(6-3-9)18-15(17)13-8-10-4-7-12(13)14(10)16/h2-7,10,12-13H,8H2,1H3. The van der Waals surface area contributed by atoms with E-state index in [0.29, 0.717) is 12.2 Å². The van der Waals surface area contributed by atoms with Gasteiger partial charge in [-0.25, -0.2) is 0 Å². The first-order valence-electron chi connectivity index (χ1n) is 6.15. The van der Waals surface area contributed by atoms with Gasteiger partial charge in [0.05, 0.1) is 5.92 Å². The molecule has 0 saturated heterocycles. The van der Waals surface area contributed by atoms with Crippen LogP contribution in [0.4, 0.5) is 0 Å². The lowest BCUT2D eigenvalue weighted by atomic mass is 9.94. The number of fused-ring (bicyclic) bond motifs is 2. The van der Waals surface area contributed by atoms with Crippen molar-refractivity contribution in [3.8, 4) is 5.75 Å².